The Morgan fingerprint density at radius 1 is 1.09 bits per heavy atom. The molecule has 1 N–H and O–H groups in total. The lowest BCUT2D eigenvalue weighted by atomic mass is 9.93. The number of rotatable bonds is 10. The fourth-order valence-electron chi connectivity index (χ4n) is 4.39. The van der Waals surface area contributed by atoms with E-state index in [1.807, 2.05) is 31.2 Å². The molecule has 2 aromatic rings. The third-order valence-corrected chi connectivity index (χ3v) is 6.81. The Kier molecular flexibility index (Phi) is 8.98. The number of hydrogen-bond donors (Lipinski definition) is 1. The highest BCUT2D eigenvalue weighted by Gasteiger charge is 2.46. The molecule has 0 aliphatic carbocycles. The highest BCUT2D eigenvalue weighted by Crippen LogP contribution is 2.40. The maximum atomic E-state index is 13.2. The van der Waals surface area contributed by atoms with E-state index in [9.17, 15) is 14.7 Å². The van der Waals surface area contributed by atoms with Gasteiger partial charge in [0.2, 0.25) is 0 Å². The standard InChI is InChI=1S/C28H35ClN2O4/c1-6-30(7-2)15-16-31-25(20-11-9-19(10-12-20)18(4)5)24(27(33)28(31)34)26(32)21-13-14-23(35-8-3)22(29)17-21/h9-14,17-18,25,32H,6-8,15-16H2,1-5H3/t25-/m1/s1. The Balaban J connectivity index is 2.10. The molecule has 1 atom stereocenters. The van der Waals surface area contributed by atoms with Gasteiger partial charge in [0.15, 0.2) is 0 Å². The highest BCUT2D eigenvalue weighted by atomic mass is 35.5. The molecule has 6 nitrogen and oxygen atoms in total. The number of ether oxygens (including phenoxy) is 1. The molecule has 1 fully saturated rings. The van der Waals surface area contributed by atoms with Crippen molar-refractivity contribution in [1.82, 2.24) is 9.80 Å². The van der Waals surface area contributed by atoms with Crippen molar-refractivity contribution in [2.24, 2.45) is 0 Å². The van der Waals surface area contributed by atoms with Gasteiger partial charge in [0.25, 0.3) is 11.7 Å². The lowest BCUT2D eigenvalue weighted by Gasteiger charge is -2.28. The minimum absolute atomic E-state index is 0.0760. The van der Waals surface area contributed by atoms with Gasteiger partial charge in [-0.15, -0.1) is 0 Å². The average molecular weight is 499 g/mol. The summed E-state index contributed by atoms with van der Waals surface area (Å²) in [6.07, 6.45) is 0. The summed E-state index contributed by atoms with van der Waals surface area (Å²) in [6, 6.07) is 12.1. The predicted octanol–water partition coefficient (Wildman–Crippen LogP) is 5.63. The quantitative estimate of drug-likeness (QED) is 0.261. The van der Waals surface area contributed by atoms with Crippen LogP contribution < -0.4 is 4.74 Å². The molecular formula is C28H35ClN2O4. The second kappa shape index (κ2) is 11.7. The number of benzene rings is 2. The summed E-state index contributed by atoms with van der Waals surface area (Å²) in [5.74, 6) is -0.689. The normalized spacial score (nSPS) is 17.6. The monoisotopic (exact) mass is 498 g/mol. The third kappa shape index (κ3) is 5.71. The lowest BCUT2D eigenvalue weighted by Crippen LogP contribution is -2.38. The number of likely N-dealkylation sites (N-methyl/N-ethyl adjacent to an activating group) is 1. The number of hydrogen-bond acceptors (Lipinski definition) is 5. The van der Waals surface area contributed by atoms with E-state index in [2.05, 4.69) is 32.6 Å². The van der Waals surface area contributed by atoms with E-state index in [0.29, 0.717) is 41.9 Å². The van der Waals surface area contributed by atoms with Crippen molar-refractivity contribution in [3.8, 4) is 5.75 Å². The molecule has 1 heterocycles. The first kappa shape index (κ1) is 26.8. The zero-order valence-corrected chi connectivity index (χ0v) is 21.9. The second-order valence-electron chi connectivity index (χ2n) is 8.92. The van der Waals surface area contributed by atoms with Crippen LogP contribution in [-0.2, 0) is 9.59 Å². The van der Waals surface area contributed by atoms with Crippen molar-refractivity contribution in [2.45, 2.75) is 46.6 Å². The van der Waals surface area contributed by atoms with Crippen LogP contribution in [0.4, 0.5) is 0 Å². The SMILES string of the molecule is CCOc1ccc(C(O)=C2C(=O)C(=O)N(CCN(CC)CC)[C@@H]2c2ccc(C(C)C)cc2)cc1Cl. The molecule has 0 spiro atoms. The number of halogens is 1. The van der Waals surface area contributed by atoms with Crippen LogP contribution in [0.3, 0.4) is 0 Å². The molecule has 1 saturated heterocycles. The molecular weight excluding hydrogens is 464 g/mol. The molecule has 0 radical (unpaired) electrons. The van der Waals surface area contributed by atoms with E-state index in [1.54, 1.807) is 23.1 Å². The van der Waals surface area contributed by atoms with Gasteiger partial charge in [0, 0.05) is 18.7 Å². The summed E-state index contributed by atoms with van der Waals surface area (Å²) in [5, 5.41) is 11.6. The number of carbonyl (C=O) groups is 2. The van der Waals surface area contributed by atoms with Crippen molar-refractivity contribution < 1.29 is 19.4 Å². The lowest BCUT2D eigenvalue weighted by molar-refractivity contribution is -0.140. The van der Waals surface area contributed by atoms with Crippen LogP contribution in [0, 0.1) is 0 Å². The molecule has 0 bridgehead atoms. The number of aliphatic hydroxyl groups is 1. The Morgan fingerprint density at radius 3 is 2.29 bits per heavy atom. The fourth-order valence-corrected chi connectivity index (χ4v) is 4.62. The van der Waals surface area contributed by atoms with Gasteiger partial charge in [-0.25, -0.2) is 0 Å². The minimum Gasteiger partial charge on any atom is -0.507 e. The Morgan fingerprint density at radius 2 is 1.74 bits per heavy atom. The maximum Gasteiger partial charge on any atom is 0.295 e. The fraction of sp³-hybridized carbons (Fsp3) is 0.429. The molecule has 7 heteroatoms. The molecule has 1 amide bonds. The van der Waals surface area contributed by atoms with Crippen LogP contribution in [0.5, 0.6) is 5.75 Å². The molecule has 0 aromatic heterocycles. The summed E-state index contributed by atoms with van der Waals surface area (Å²) < 4.78 is 5.48. The zero-order valence-electron chi connectivity index (χ0n) is 21.2. The molecule has 2 aromatic carbocycles. The van der Waals surface area contributed by atoms with Gasteiger partial charge in [0.1, 0.15) is 11.5 Å². The average Bonchev–Trinajstić information content (AvgIpc) is 3.10. The van der Waals surface area contributed by atoms with Crippen LogP contribution in [0.15, 0.2) is 48.0 Å². The number of nitrogens with zero attached hydrogens (tertiary/aromatic N) is 2. The first-order valence-electron chi connectivity index (χ1n) is 12.3. The Bertz CT molecular complexity index is 1090. The van der Waals surface area contributed by atoms with Crippen molar-refractivity contribution in [3.63, 3.8) is 0 Å². The van der Waals surface area contributed by atoms with E-state index in [-0.39, 0.29) is 11.3 Å². The number of carbonyl (C=O) groups excluding carboxylic acids is 2. The van der Waals surface area contributed by atoms with Crippen molar-refractivity contribution in [2.75, 3.05) is 32.8 Å². The molecule has 188 valence electrons. The number of amides is 1. The van der Waals surface area contributed by atoms with E-state index < -0.39 is 17.7 Å². The van der Waals surface area contributed by atoms with E-state index in [1.165, 1.54) is 0 Å². The minimum atomic E-state index is -0.690. The Labute approximate surface area is 213 Å². The molecule has 0 saturated carbocycles. The van der Waals surface area contributed by atoms with Crippen LogP contribution in [0.25, 0.3) is 5.76 Å². The summed E-state index contributed by atoms with van der Waals surface area (Å²) in [6.45, 7) is 13.4. The summed E-state index contributed by atoms with van der Waals surface area (Å²) in [5.41, 5.74) is 2.38. The summed E-state index contributed by atoms with van der Waals surface area (Å²) in [4.78, 5) is 30.2. The molecule has 1 aliphatic rings. The van der Waals surface area contributed by atoms with Crippen molar-refractivity contribution in [3.05, 3.63) is 69.8 Å². The zero-order chi connectivity index (χ0) is 25.7. The summed E-state index contributed by atoms with van der Waals surface area (Å²) >= 11 is 6.34. The Hall–Kier alpha value is -2.83. The summed E-state index contributed by atoms with van der Waals surface area (Å²) in [7, 11) is 0. The van der Waals surface area contributed by atoms with Crippen molar-refractivity contribution in [1.29, 1.82) is 0 Å². The van der Waals surface area contributed by atoms with Gasteiger partial charge in [-0.3, -0.25) is 9.59 Å². The number of Topliss-reactive ketones (excluding diaryl/α,β-unsaturated/α-hetero) is 1. The largest absolute Gasteiger partial charge is 0.507 e. The first-order valence-corrected chi connectivity index (χ1v) is 12.6. The number of likely N-dealkylation sites (tertiary alicyclic amines) is 1. The molecule has 35 heavy (non-hydrogen) atoms. The van der Waals surface area contributed by atoms with Gasteiger partial charge < -0.3 is 19.6 Å². The van der Waals surface area contributed by atoms with E-state index >= 15 is 0 Å². The third-order valence-electron chi connectivity index (χ3n) is 6.52. The topological polar surface area (TPSA) is 70.1 Å². The molecule has 0 unspecified atom stereocenters. The van der Waals surface area contributed by atoms with Crippen molar-refractivity contribution >= 4 is 29.1 Å². The van der Waals surface area contributed by atoms with Crippen LogP contribution in [0.2, 0.25) is 5.02 Å². The number of aliphatic hydroxyl groups excluding tert-OH is 1. The van der Waals surface area contributed by atoms with Crippen LogP contribution in [-0.4, -0.2) is 59.4 Å². The van der Waals surface area contributed by atoms with E-state index in [0.717, 1.165) is 24.2 Å². The van der Waals surface area contributed by atoms with Gasteiger partial charge in [0.05, 0.1) is 23.2 Å². The van der Waals surface area contributed by atoms with Crippen LogP contribution >= 0.6 is 11.6 Å². The van der Waals surface area contributed by atoms with Gasteiger partial charge >= 0.3 is 0 Å². The highest BCUT2D eigenvalue weighted by molar-refractivity contribution is 6.46. The molecule has 1 aliphatic heterocycles. The second-order valence-corrected chi connectivity index (χ2v) is 9.33. The van der Waals surface area contributed by atoms with Gasteiger partial charge in [-0.2, -0.15) is 0 Å². The van der Waals surface area contributed by atoms with Gasteiger partial charge in [-0.05, 0) is 55.3 Å². The maximum absolute atomic E-state index is 13.2. The van der Waals surface area contributed by atoms with E-state index in [4.69, 9.17) is 16.3 Å². The predicted molar refractivity (Wildman–Crippen MR) is 140 cm³/mol. The molecule has 3 rings (SSSR count). The van der Waals surface area contributed by atoms with Gasteiger partial charge in [-0.1, -0.05) is 63.6 Å². The smallest absolute Gasteiger partial charge is 0.295 e. The first-order chi connectivity index (χ1) is 16.7. The number of ketones is 1. The van der Waals surface area contributed by atoms with Crippen LogP contribution in [0.1, 0.15) is 63.3 Å².